The lowest BCUT2D eigenvalue weighted by Gasteiger charge is -2.28. The Labute approximate surface area is 87.8 Å². The zero-order chi connectivity index (χ0) is 10.1. The molecule has 78 valence electrons. The second-order valence-electron chi connectivity index (χ2n) is 3.68. The molecule has 0 amide bonds. The Kier molecular flexibility index (Phi) is 2.03. The summed E-state index contributed by atoms with van der Waals surface area (Å²) in [5, 5.41) is 3.33. The smallest absolute Gasteiger partial charge is 0.155 e. The van der Waals surface area contributed by atoms with Gasteiger partial charge in [0.1, 0.15) is 5.82 Å². The number of anilines is 1. The van der Waals surface area contributed by atoms with Crippen LogP contribution in [0.1, 0.15) is 0 Å². The van der Waals surface area contributed by atoms with Crippen molar-refractivity contribution < 1.29 is 0 Å². The number of rotatable bonds is 1. The molecule has 1 aliphatic rings. The van der Waals surface area contributed by atoms with Crippen molar-refractivity contribution in [2.24, 2.45) is 0 Å². The van der Waals surface area contributed by atoms with E-state index in [1.165, 1.54) is 0 Å². The van der Waals surface area contributed by atoms with Crippen LogP contribution in [0.2, 0.25) is 0 Å². The lowest BCUT2D eigenvalue weighted by molar-refractivity contribution is 0.584. The summed E-state index contributed by atoms with van der Waals surface area (Å²) in [5.74, 6) is 1.03. The number of aromatic nitrogens is 3. The van der Waals surface area contributed by atoms with Gasteiger partial charge in [0.25, 0.3) is 0 Å². The maximum absolute atomic E-state index is 4.42. The Balaban J connectivity index is 1.95. The third kappa shape index (κ3) is 1.55. The van der Waals surface area contributed by atoms with Crippen molar-refractivity contribution in [3.05, 3.63) is 24.8 Å². The molecule has 1 saturated heterocycles. The molecule has 2 aromatic rings. The molecule has 0 aliphatic carbocycles. The Morgan fingerprint density at radius 2 is 2.07 bits per heavy atom. The minimum absolute atomic E-state index is 0.897. The highest BCUT2D eigenvalue weighted by Gasteiger charge is 2.11. The topological polar surface area (TPSA) is 45.5 Å². The van der Waals surface area contributed by atoms with Crippen LogP contribution in [-0.2, 0) is 0 Å². The van der Waals surface area contributed by atoms with Gasteiger partial charge in [-0.25, -0.2) is 9.97 Å². The van der Waals surface area contributed by atoms with Crippen LogP contribution in [0.25, 0.3) is 5.65 Å². The number of fused-ring (bicyclic) bond motifs is 1. The average molecular weight is 203 g/mol. The van der Waals surface area contributed by atoms with Gasteiger partial charge in [-0.1, -0.05) is 0 Å². The predicted octanol–water partition coefficient (Wildman–Crippen LogP) is 0.139. The molecule has 1 aliphatic heterocycles. The third-order valence-corrected chi connectivity index (χ3v) is 2.71. The van der Waals surface area contributed by atoms with Gasteiger partial charge in [0, 0.05) is 38.6 Å². The van der Waals surface area contributed by atoms with Gasteiger partial charge in [-0.3, -0.25) is 0 Å². The lowest BCUT2D eigenvalue weighted by Crippen LogP contribution is -2.43. The molecule has 0 atom stereocenters. The van der Waals surface area contributed by atoms with Crippen LogP contribution < -0.4 is 10.2 Å². The van der Waals surface area contributed by atoms with Crippen LogP contribution in [-0.4, -0.2) is 40.5 Å². The first-order valence-electron chi connectivity index (χ1n) is 5.18. The van der Waals surface area contributed by atoms with Gasteiger partial charge >= 0.3 is 0 Å². The van der Waals surface area contributed by atoms with Crippen molar-refractivity contribution in [1.82, 2.24) is 19.7 Å². The highest BCUT2D eigenvalue weighted by Crippen LogP contribution is 2.11. The average Bonchev–Trinajstić information content (AvgIpc) is 2.77. The molecular formula is C10H13N5. The van der Waals surface area contributed by atoms with Gasteiger partial charge in [-0.2, -0.15) is 0 Å². The zero-order valence-electron chi connectivity index (χ0n) is 8.43. The summed E-state index contributed by atoms with van der Waals surface area (Å²) in [7, 11) is 0. The second-order valence-corrected chi connectivity index (χ2v) is 3.68. The fourth-order valence-corrected chi connectivity index (χ4v) is 1.87. The molecule has 1 fully saturated rings. The van der Waals surface area contributed by atoms with E-state index in [0.29, 0.717) is 0 Å². The Bertz CT molecular complexity index is 458. The van der Waals surface area contributed by atoms with Crippen LogP contribution in [0.3, 0.4) is 0 Å². The first-order valence-corrected chi connectivity index (χ1v) is 5.18. The fourth-order valence-electron chi connectivity index (χ4n) is 1.87. The van der Waals surface area contributed by atoms with Gasteiger partial charge < -0.3 is 14.6 Å². The molecule has 0 spiro atoms. The first kappa shape index (κ1) is 8.67. The largest absolute Gasteiger partial charge is 0.353 e. The van der Waals surface area contributed by atoms with E-state index >= 15 is 0 Å². The molecule has 15 heavy (non-hydrogen) atoms. The molecule has 0 radical (unpaired) electrons. The van der Waals surface area contributed by atoms with Crippen LogP contribution >= 0.6 is 0 Å². The first-order chi connectivity index (χ1) is 7.43. The van der Waals surface area contributed by atoms with Crippen molar-refractivity contribution in [3.63, 3.8) is 0 Å². The van der Waals surface area contributed by atoms with Crippen LogP contribution in [0, 0.1) is 0 Å². The molecule has 1 N–H and O–H groups in total. The van der Waals surface area contributed by atoms with Crippen molar-refractivity contribution >= 4 is 11.5 Å². The van der Waals surface area contributed by atoms with E-state index in [-0.39, 0.29) is 0 Å². The van der Waals surface area contributed by atoms with Crippen molar-refractivity contribution in [2.45, 2.75) is 0 Å². The quantitative estimate of drug-likeness (QED) is 0.716. The van der Waals surface area contributed by atoms with E-state index in [1.54, 1.807) is 6.20 Å². The highest BCUT2D eigenvalue weighted by atomic mass is 15.2. The molecule has 0 aromatic carbocycles. The zero-order valence-corrected chi connectivity index (χ0v) is 8.43. The maximum atomic E-state index is 4.42. The number of piperazine rings is 1. The summed E-state index contributed by atoms with van der Waals surface area (Å²) < 4.78 is 2.00. The fraction of sp³-hybridized carbons (Fsp3) is 0.400. The molecular weight excluding hydrogens is 190 g/mol. The molecule has 3 heterocycles. The van der Waals surface area contributed by atoms with E-state index in [4.69, 9.17) is 0 Å². The summed E-state index contributed by atoms with van der Waals surface area (Å²) in [5.41, 5.74) is 0.897. The standard InChI is InChI=1S/C10H13N5/c1-4-14(5-2-11-1)10-8-15-6-3-12-9(15)7-13-10/h3,6-8,11H,1-2,4-5H2. The Morgan fingerprint density at radius 1 is 1.20 bits per heavy atom. The molecule has 0 saturated carbocycles. The van der Waals surface area contributed by atoms with Gasteiger partial charge in [-0.05, 0) is 0 Å². The SMILES string of the molecule is c1cn2cc(N3CCNCC3)ncc2n1. The molecule has 0 bridgehead atoms. The minimum Gasteiger partial charge on any atom is -0.353 e. The number of imidazole rings is 1. The van der Waals surface area contributed by atoms with Crippen LogP contribution in [0.15, 0.2) is 24.8 Å². The number of nitrogens with one attached hydrogen (secondary N) is 1. The van der Waals surface area contributed by atoms with Crippen LogP contribution in [0.4, 0.5) is 5.82 Å². The van der Waals surface area contributed by atoms with Gasteiger partial charge in [0.15, 0.2) is 5.65 Å². The van der Waals surface area contributed by atoms with E-state index in [9.17, 15) is 0 Å². The Morgan fingerprint density at radius 3 is 2.93 bits per heavy atom. The summed E-state index contributed by atoms with van der Waals surface area (Å²) >= 11 is 0. The lowest BCUT2D eigenvalue weighted by atomic mass is 10.3. The minimum atomic E-state index is 0.897. The molecule has 5 nitrogen and oxygen atoms in total. The summed E-state index contributed by atoms with van der Waals surface area (Å²) in [6.45, 7) is 4.10. The summed E-state index contributed by atoms with van der Waals surface area (Å²) in [6.07, 6.45) is 7.59. The van der Waals surface area contributed by atoms with E-state index in [1.807, 2.05) is 23.0 Å². The van der Waals surface area contributed by atoms with Crippen molar-refractivity contribution in [3.8, 4) is 0 Å². The molecule has 5 heteroatoms. The van der Waals surface area contributed by atoms with Gasteiger partial charge in [0.05, 0.1) is 12.4 Å². The van der Waals surface area contributed by atoms with Gasteiger partial charge in [0.2, 0.25) is 0 Å². The van der Waals surface area contributed by atoms with Crippen molar-refractivity contribution in [1.29, 1.82) is 0 Å². The Hall–Kier alpha value is -1.62. The second kappa shape index (κ2) is 3.51. The van der Waals surface area contributed by atoms with Gasteiger partial charge in [-0.15, -0.1) is 0 Å². The number of hydrogen-bond acceptors (Lipinski definition) is 4. The normalized spacial score (nSPS) is 17.2. The van der Waals surface area contributed by atoms with E-state index in [0.717, 1.165) is 37.6 Å². The maximum Gasteiger partial charge on any atom is 0.155 e. The molecule has 3 rings (SSSR count). The third-order valence-electron chi connectivity index (χ3n) is 2.71. The van der Waals surface area contributed by atoms with E-state index in [2.05, 4.69) is 20.2 Å². The summed E-state index contributed by atoms with van der Waals surface area (Å²) in [4.78, 5) is 10.9. The monoisotopic (exact) mass is 203 g/mol. The predicted molar refractivity (Wildman–Crippen MR) is 58.1 cm³/mol. The van der Waals surface area contributed by atoms with Crippen molar-refractivity contribution in [2.75, 3.05) is 31.1 Å². The number of nitrogens with zero attached hydrogens (tertiary/aromatic N) is 4. The molecule has 0 unspecified atom stereocenters. The number of hydrogen-bond donors (Lipinski definition) is 1. The van der Waals surface area contributed by atoms with Crippen LogP contribution in [0.5, 0.6) is 0 Å². The molecule has 2 aromatic heterocycles. The highest BCUT2D eigenvalue weighted by molar-refractivity contribution is 5.44. The summed E-state index contributed by atoms with van der Waals surface area (Å²) in [6, 6.07) is 0. The van der Waals surface area contributed by atoms with E-state index < -0.39 is 0 Å².